The number of carbonyl (C=O) groups excluding carboxylic acids is 1. The number of fused-ring (bicyclic) bond motifs is 2. The van der Waals surface area contributed by atoms with Crippen LogP contribution in [-0.2, 0) is 9.53 Å². The minimum absolute atomic E-state index is 0.160. The number of hydrogen-bond acceptors (Lipinski definition) is 2. The molecule has 2 aliphatic rings. The highest BCUT2D eigenvalue weighted by Crippen LogP contribution is 2.43. The maximum atomic E-state index is 12.5. The number of nitrogens with one attached hydrogen (secondary N) is 1. The second-order valence-corrected chi connectivity index (χ2v) is 8.00. The molecule has 22 heavy (non-hydrogen) atoms. The van der Waals surface area contributed by atoms with Crippen molar-refractivity contribution < 1.29 is 9.53 Å². The molecule has 1 saturated carbocycles. The lowest BCUT2D eigenvalue weighted by molar-refractivity contribution is -0.127. The molecular weight excluding hydrogens is 274 g/mol. The highest BCUT2D eigenvalue weighted by atomic mass is 16.5. The van der Waals surface area contributed by atoms with E-state index in [1.165, 1.54) is 0 Å². The first-order chi connectivity index (χ1) is 10.2. The molecule has 1 amide bonds. The molecule has 1 fully saturated rings. The highest BCUT2D eigenvalue weighted by molar-refractivity contribution is 5.80. The lowest BCUT2D eigenvalue weighted by Gasteiger charge is -2.31. The van der Waals surface area contributed by atoms with Gasteiger partial charge >= 0.3 is 0 Å². The number of hydrogen-bond donors (Lipinski definition) is 1. The molecule has 0 aromatic carbocycles. The topological polar surface area (TPSA) is 38.3 Å². The normalized spacial score (nSPS) is 27.0. The van der Waals surface area contributed by atoms with Gasteiger partial charge < -0.3 is 10.1 Å². The zero-order chi connectivity index (χ0) is 16.4. The molecule has 3 heteroatoms. The summed E-state index contributed by atoms with van der Waals surface area (Å²) < 4.78 is 5.86. The summed E-state index contributed by atoms with van der Waals surface area (Å²) in [4.78, 5) is 12.5. The fourth-order valence-corrected chi connectivity index (χ4v) is 3.45. The van der Waals surface area contributed by atoms with E-state index in [1.807, 2.05) is 13.8 Å². The van der Waals surface area contributed by atoms with E-state index in [1.54, 1.807) is 0 Å². The lowest BCUT2D eigenvalue weighted by atomic mass is 9.91. The first-order valence-corrected chi connectivity index (χ1v) is 8.30. The summed E-state index contributed by atoms with van der Waals surface area (Å²) in [6.45, 7) is 8.72. The van der Waals surface area contributed by atoms with E-state index >= 15 is 0 Å². The zero-order valence-corrected chi connectivity index (χ0v) is 14.3. The van der Waals surface area contributed by atoms with Gasteiger partial charge in [-0.3, -0.25) is 4.79 Å². The van der Waals surface area contributed by atoms with Gasteiger partial charge in [0.25, 0.3) is 0 Å². The van der Waals surface area contributed by atoms with Crippen LogP contribution in [0.4, 0.5) is 0 Å². The van der Waals surface area contributed by atoms with Crippen LogP contribution in [0.5, 0.6) is 0 Å². The van der Waals surface area contributed by atoms with Gasteiger partial charge in [0.15, 0.2) is 0 Å². The molecule has 0 spiro atoms. The van der Waals surface area contributed by atoms with Crippen molar-refractivity contribution in [1.29, 1.82) is 0 Å². The molecule has 2 rings (SSSR count). The Hall–Kier alpha value is -1.27. The Labute approximate surface area is 134 Å². The van der Waals surface area contributed by atoms with Crippen LogP contribution in [0.15, 0.2) is 12.2 Å². The fraction of sp³-hybridized carbons (Fsp3) is 0.737. The van der Waals surface area contributed by atoms with Crippen LogP contribution in [0.3, 0.4) is 0 Å². The first kappa shape index (κ1) is 17.1. The van der Waals surface area contributed by atoms with E-state index in [0.29, 0.717) is 24.9 Å². The fourth-order valence-electron chi connectivity index (χ4n) is 3.45. The van der Waals surface area contributed by atoms with Gasteiger partial charge in [0, 0.05) is 24.5 Å². The van der Waals surface area contributed by atoms with Crippen molar-refractivity contribution in [3.05, 3.63) is 12.2 Å². The summed E-state index contributed by atoms with van der Waals surface area (Å²) in [7, 11) is 0. The zero-order valence-electron chi connectivity index (χ0n) is 14.3. The Morgan fingerprint density at radius 2 is 2.05 bits per heavy atom. The molecule has 0 aliphatic heterocycles. The Bertz CT molecular complexity index is 484. The standard InChI is InChI=1S/C19H29NO2/c1-6-9-19(4,5)22-11-10-18(2,3)20-17(21)16-13-14-7-8-15(16)12-14/h1,7-8,14-16H,9-13H2,2-5H3,(H,20,21)/t14-,15+,16?/m0/s1. The summed E-state index contributed by atoms with van der Waals surface area (Å²) >= 11 is 0. The van der Waals surface area contributed by atoms with E-state index in [4.69, 9.17) is 11.2 Å². The molecule has 0 radical (unpaired) electrons. The van der Waals surface area contributed by atoms with Crippen molar-refractivity contribution in [3.8, 4) is 12.3 Å². The van der Waals surface area contributed by atoms with Gasteiger partial charge in [-0.1, -0.05) is 12.2 Å². The van der Waals surface area contributed by atoms with Crippen LogP contribution >= 0.6 is 0 Å². The second kappa shape index (κ2) is 6.46. The van der Waals surface area contributed by atoms with Gasteiger partial charge in [0.05, 0.1) is 5.60 Å². The van der Waals surface area contributed by atoms with E-state index in [0.717, 1.165) is 19.3 Å². The van der Waals surface area contributed by atoms with Crippen molar-refractivity contribution in [3.63, 3.8) is 0 Å². The smallest absolute Gasteiger partial charge is 0.224 e. The van der Waals surface area contributed by atoms with E-state index in [2.05, 4.69) is 37.2 Å². The van der Waals surface area contributed by atoms with Crippen molar-refractivity contribution in [2.45, 2.75) is 64.5 Å². The van der Waals surface area contributed by atoms with Crippen LogP contribution in [-0.4, -0.2) is 23.7 Å². The van der Waals surface area contributed by atoms with Gasteiger partial charge in [-0.2, -0.15) is 0 Å². The van der Waals surface area contributed by atoms with Crippen LogP contribution < -0.4 is 5.32 Å². The Morgan fingerprint density at radius 1 is 1.32 bits per heavy atom. The first-order valence-electron chi connectivity index (χ1n) is 8.30. The minimum atomic E-state index is -0.301. The second-order valence-electron chi connectivity index (χ2n) is 8.00. The van der Waals surface area contributed by atoms with Gasteiger partial charge in [-0.15, -0.1) is 12.3 Å². The Kier molecular flexibility index (Phi) is 5.02. The average molecular weight is 303 g/mol. The molecule has 3 nitrogen and oxygen atoms in total. The van der Waals surface area contributed by atoms with Crippen LogP contribution in [0.25, 0.3) is 0 Å². The molecular formula is C19H29NO2. The van der Waals surface area contributed by atoms with Gasteiger partial charge in [-0.25, -0.2) is 0 Å². The quantitative estimate of drug-likeness (QED) is 0.579. The van der Waals surface area contributed by atoms with E-state index in [9.17, 15) is 4.79 Å². The van der Waals surface area contributed by atoms with Gasteiger partial charge in [0.1, 0.15) is 0 Å². The van der Waals surface area contributed by atoms with Crippen LogP contribution in [0.2, 0.25) is 0 Å². The summed E-state index contributed by atoms with van der Waals surface area (Å²) in [5, 5.41) is 3.21. The average Bonchev–Trinajstić information content (AvgIpc) is 2.99. The maximum Gasteiger partial charge on any atom is 0.224 e. The maximum absolute atomic E-state index is 12.5. The number of amides is 1. The molecule has 122 valence electrons. The van der Waals surface area contributed by atoms with E-state index < -0.39 is 0 Å². The number of carbonyl (C=O) groups is 1. The number of terminal acetylenes is 1. The largest absolute Gasteiger partial charge is 0.374 e. The molecule has 2 aliphatic carbocycles. The van der Waals surface area contributed by atoms with Crippen molar-refractivity contribution in [1.82, 2.24) is 5.32 Å². The number of ether oxygens (including phenoxy) is 1. The third kappa shape index (κ3) is 4.36. The van der Waals surface area contributed by atoms with Crippen molar-refractivity contribution >= 4 is 5.91 Å². The third-order valence-electron chi connectivity index (χ3n) is 4.82. The van der Waals surface area contributed by atoms with E-state index in [-0.39, 0.29) is 23.0 Å². The molecule has 0 saturated heterocycles. The predicted molar refractivity (Wildman–Crippen MR) is 89.2 cm³/mol. The Morgan fingerprint density at radius 3 is 2.59 bits per heavy atom. The molecule has 0 aromatic rings. The van der Waals surface area contributed by atoms with Crippen LogP contribution in [0, 0.1) is 30.1 Å². The number of rotatable bonds is 7. The van der Waals surface area contributed by atoms with Crippen LogP contribution in [0.1, 0.15) is 53.4 Å². The molecule has 0 aromatic heterocycles. The summed E-state index contributed by atoms with van der Waals surface area (Å²) in [6, 6.07) is 0. The summed E-state index contributed by atoms with van der Waals surface area (Å²) in [5.74, 6) is 4.07. The van der Waals surface area contributed by atoms with Crippen molar-refractivity contribution in [2.75, 3.05) is 6.61 Å². The molecule has 2 bridgehead atoms. The summed E-state index contributed by atoms with van der Waals surface area (Å²) in [5.41, 5.74) is -0.556. The predicted octanol–water partition coefficient (Wildman–Crippen LogP) is 3.30. The minimum Gasteiger partial charge on any atom is -0.374 e. The lowest BCUT2D eigenvalue weighted by Crippen LogP contribution is -2.47. The van der Waals surface area contributed by atoms with Crippen molar-refractivity contribution in [2.24, 2.45) is 17.8 Å². The van der Waals surface area contributed by atoms with Gasteiger partial charge in [0.2, 0.25) is 5.91 Å². The SMILES string of the molecule is C#CCC(C)(C)OCCC(C)(C)NC(=O)C1C[C@H]2C=C[C@@H]1C2. The highest BCUT2D eigenvalue weighted by Gasteiger charge is 2.40. The molecule has 3 atom stereocenters. The Balaban J connectivity index is 1.77. The summed E-state index contributed by atoms with van der Waals surface area (Å²) in [6.07, 6.45) is 13.4. The molecule has 1 N–H and O–H groups in total. The third-order valence-corrected chi connectivity index (χ3v) is 4.82. The molecule has 1 unspecified atom stereocenters. The molecule has 0 heterocycles. The van der Waals surface area contributed by atoms with Gasteiger partial charge in [-0.05, 0) is 58.8 Å². The monoisotopic (exact) mass is 303 g/mol. The number of allylic oxidation sites excluding steroid dienone is 2.